The summed E-state index contributed by atoms with van der Waals surface area (Å²) in [5.41, 5.74) is 1.80. The molecular weight excluding hydrogens is 376 g/mol. The smallest absolute Gasteiger partial charge is 0.291 e. The zero-order chi connectivity index (χ0) is 20.1. The van der Waals surface area contributed by atoms with Crippen LogP contribution in [-0.4, -0.2) is 22.0 Å². The number of hydrogen-bond donors (Lipinski definition) is 2. The van der Waals surface area contributed by atoms with Gasteiger partial charge in [0.05, 0.1) is 6.26 Å². The van der Waals surface area contributed by atoms with Crippen LogP contribution in [0, 0.1) is 6.92 Å². The van der Waals surface area contributed by atoms with Gasteiger partial charge in [-0.05, 0) is 49.6 Å². The molecule has 2 heterocycles. The Balaban J connectivity index is 1.73. The molecule has 8 heteroatoms. The average Bonchev–Trinajstić information content (AvgIpc) is 3.37. The summed E-state index contributed by atoms with van der Waals surface area (Å²) in [6.07, 6.45) is 3.40. The van der Waals surface area contributed by atoms with Gasteiger partial charge in [0.2, 0.25) is 5.13 Å². The summed E-state index contributed by atoms with van der Waals surface area (Å²) in [4.78, 5) is 24.8. The second-order valence-corrected chi connectivity index (χ2v) is 7.38. The Morgan fingerprint density at radius 3 is 2.57 bits per heavy atom. The molecule has 28 heavy (non-hydrogen) atoms. The predicted molar refractivity (Wildman–Crippen MR) is 109 cm³/mol. The van der Waals surface area contributed by atoms with E-state index in [0.29, 0.717) is 22.3 Å². The van der Waals surface area contributed by atoms with E-state index in [-0.39, 0.29) is 17.6 Å². The molecule has 0 bridgehead atoms. The van der Waals surface area contributed by atoms with Crippen LogP contribution in [0.25, 0.3) is 0 Å². The molecule has 2 aromatic heterocycles. The van der Waals surface area contributed by atoms with Gasteiger partial charge in [0, 0.05) is 17.2 Å². The van der Waals surface area contributed by atoms with E-state index < -0.39 is 0 Å². The van der Waals surface area contributed by atoms with Gasteiger partial charge in [-0.3, -0.25) is 14.9 Å². The van der Waals surface area contributed by atoms with Gasteiger partial charge < -0.3 is 9.73 Å². The number of carbonyl (C=O) groups is 2. The van der Waals surface area contributed by atoms with Crippen LogP contribution in [0.4, 0.5) is 10.8 Å². The molecule has 0 atom stereocenters. The third-order valence-corrected chi connectivity index (χ3v) is 5.49. The summed E-state index contributed by atoms with van der Waals surface area (Å²) in [5.74, 6) is -0.117. The quantitative estimate of drug-likeness (QED) is 0.593. The molecule has 0 saturated carbocycles. The summed E-state index contributed by atoms with van der Waals surface area (Å²) < 4.78 is 5.10. The van der Waals surface area contributed by atoms with Crippen molar-refractivity contribution < 1.29 is 14.0 Å². The van der Waals surface area contributed by atoms with E-state index in [0.717, 1.165) is 23.4 Å². The summed E-state index contributed by atoms with van der Waals surface area (Å²) in [6, 6.07) is 8.34. The van der Waals surface area contributed by atoms with Crippen molar-refractivity contribution >= 4 is 34.0 Å². The largest absolute Gasteiger partial charge is 0.459 e. The molecule has 0 fully saturated rings. The molecular formula is C20H22N4O3S. The van der Waals surface area contributed by atoms with Crippen molar-refractivity contribution in [1.29, 1.82) is 0 Å². The van der Waals surface area contributed by atoms with Crippen molar-refractivity contribution in [2.45, 2.75) is 39.5 Å². The minimum Gasteiger partial charge on any atom is -0.459 e. The molecule has 2 amide bonds. The molecule has 1 aromatic carbocycles. The summed E-state index contributed by atoms with van der Waals surface area (Å²) in [5, 5.41) is 15.2. The number of furan rings is 1. The van der Waals surface area contributed by atoms with E-state index in [1.54, 1.807) is 30.3 Å². The summed E-state index contributed by atoms with van der Waals surface area (Å²) in [6.45, 7) is 6.07. The first kappa shape index (κ1) is 19.8. The standard InChI is InChI=1S/C20H22N4O3S/c1-4-13(5-2)19-23-24-20(28-19)22-17(25)14-9-8-12(3)15(11-14)21-18(26)16-7-6-10-27-16/h6-11,13H,4-5H2,1-3H3,(H,21,26)(H,22,24,25). The Hall–Kier alpha value is -3.00. The highest BCUT2D eigenvalue weighted by atomic mass is 32.1. The number of carbonyl (C=O) groups excluding carboxylic acids is 2. The maximum absolute atomic E-state index is 12.6. The van der Waals surface area contributed by atoms with Gasteiger partial charge in [-0.25, -0.2) is 0 Å². The fraction of sp³-hybridized carbons (Fsp3) is 0.300. The van der Waals surface area contributed by atoms with Crippen LogP contribution in [0.5, 0.6) is 0 Å². The second-order valence-electron chi connectivity index (χ2n) is 6.37. The first-order valence-electron chi connectivity index (χ1n) is 9.12. The molecule has 3 rings (SSSR count). The van der Waals surface area contributed by atoms with Gasteiger partial charge in [0.15, 0.2) is 5.76 Å². The van der Waals surface area contributed by atoms with Gasteiger partial charge in [-0.2, -0.15) is 0 Å². The van der Waals surface area contributed by atoms with Crippen molar-refractivity contribution in [3.8, 4) is 0 Å². The van der Waals surface area contributed by atoms with Crippen LogP contribution in [0.15, 0.2) is 41.0 Å². The van der Waals surface area contributed by atoms with Crippen LogP contribution < -0.4 is 10.6 Å². The third-order valence-electron chi connectivity index (χ3n) is 4.49. The molecule has 2 N–H and O–H groups in total. The molecule has 0 spiro atoms. The van der Waals surface area contributed by atoms with Gasteiger partial charge in [0.25, 0.3) is 11.8 Å². The number of benzene rings is 1. The van der Waals surface area contributed by atoms with Crippen molar-refractivity contribution in [1.82, 2.24) is 10.2 Å². The maximum atomic E-state index is 12.6. The second kappa shape index (κ2) is 8.79. The minimum absolute atomic E-state index is 0.206. The monoisotopic (exact) mass is 398 g/mol. The highest BCUT2D eigenvalue weighted by Gasteiger charge is 2.17. The lowest BCUT2D eigenvalue weighted by atomic mass is 10.1. The molecule has 0 aliphatic rings. The Morgan fingerprint density at radius 1 is 1.11 bits per heavy atom. The lowest BCUT2D eigenvalue weighted by molar-refractivity contribution is 0.0993. The van der Waals surface area contributed by atoms with Gasteiger partial charge in [0.1, 0.15) is 5.01 Å². The first-order chi connectivity index (χ1) is 13.5. The number of anilines is 2. The number of hydrogen-bond acceptors (Lipinski definition) is 6. The zero-order valence-corrected chi connectivity index (χ0v) is 16.8. The minimum atomic E-state index is -0.371. The van der Waals surface area contributed by atoms with E-state index in [9.17, 15) is 9.59 Å². The third kappa shape index (κ3) is 4.45. The SMILES string of the molecule is CCC(CC)c1nnc(NC(=O)c2ccc(C)c(NC(=O)c3ccco3)c2)s1. The highest BCUT2D eigenvalue weighted by Crippen LogP contribution is 2.28. The van der Waals surface area contributed by atoms with Gasteiger partial charge >= 0.3 is 0 Å². The van der Waals surface area contributed by atoms with Crippen LogP contribution in [0.3, 0.4) is 0 Å². The van der Waals surface area contributed by atoms with Crippen LogP contribution in [0.1, 0.15) is 64.1 Å². The lowest BCUT2D eigenvalue weighted by Crippen LogP contribution is -2.15. The molecule has 0 saturated heterocycles. The van der Waals surface area contributed by atoms with Crippen LogP contribution in [0.2, 0.25) is 0 Å². The molecule has 7 nitrogen and oxygen atoms in total. The molecule has 0 aliphatic carbocycles. The van der Waals surface area contributed by atoms with E-state index in [2.05, 4.69) is 34.7 Å². The Bertz CT molecular complexity index is 962. The first-order valence-corrected chi connectivity index (χ1v) is 9.93. The number of amides is 2. The van der Waals surface area contributed by atoms with Crippen molar-refractivity contribution in [2.24, 2.45) is 0 Å². The maximum Gasteiger partial charge on any atom is 0.291 e. The Morgan fingerprint density at radius 2 is 1.89 bits per heavy atom. The van der Waals surface area contributed by atoms with Crippen LogP contribution >= 0.6 is 11.3 Å². The molecule has 0 unspecified atom stereocenters. The molecule has 0 aliphatic heterocycles. The van der Waals surface area contributed by atoms with Crippen molar-refractivity contribution in [3.05, 3.63) is 58.5 Å². The van der Waals surface area contributed by atoms with E-state index >= 15 is 0 Å². The normalized spacial score (nSPS) is 10.9. The molecule has 146 valence electrons. The van der Waals surface area contributed by atoms with Gasteiger partial charge in [-0.15, -0.1) is 10.2 Å². The van der Waals surface area contributed by atoms with E-state index in [1.165, 1.54) is 17.6 Å². The number of nitrogens with one attached hydrogen (secondary N) is 2. The Labute approximate surface area is 167 Å². The summed E-state index contributed by atoms with van der Waals surface area (Å²) in [7, 11) is 0. The van der Waals surface area contributed by atoms with E-state index in [1.807, 2.05) is 6.92 Å². The lowest BCUT2D eigenvalue weighted by Gasteiger charge is -2.09. The fourth-order valence-electron chi connectivity index (χ4n) is 2.75. The Kier molecular flexibility index (Phi) is 6.20. The summed E-state index contributed by atoms with van der Waals surface area (Å²) >= 11 is 1.39. The zero-order valence-electron chi connectivity index (χ0n) is 16.0. The van der Waals surface area contributed by atoms with Crippen LogP contribution in [-0.2, 0) is 0 Å². The number of rotatable bonds is 7. The van der Waals surface area contributed by atoms with E-state index in [4.69, 9.17) is 4.42 Å². The topological polar surface area (TPSA) is 97.1 Å². The molecule has 3 aromatic rings. The van der Waals surface area contributed by atoms with Gasteiger partial charge in [-0.1, -0.05) is 31.3 Å². The predicted octanol–water partition coefficient (Wildman–Crippen LogP) is 4.85. The number of aromatic nitrogens is 2. The number of nitrogens with zero attached hydrogens (tertiary/aromatic N) is 2. The van der Waals surface area contributed by atoms with Crippen molar-refractivity contribution in [2.75, 3.05) is 10.6 Å². The average molecular weight is 398 g/mol. The van der Waals surface area contributed by atoms with Crippen molar-refractivity contribution in [3.63, 3.8) is 0 Å². The highest BCUT2D eigenvalue weighted by molar-refractivity contribution is 7.15. The molecule has 0 radical (unpaired) electrons. The fourth-order valence-corrected chi connectivity index (χ4v) is 3.75. The number of aryl methyl sites for hydroxylation is 1.